The fraction of sp³-hybridized carbons (Fsp3) is 0.300. The molecule has 0 saturated heterocycles. The Hall–Kier alpha value is -3.22. The Kier molecular flexibility index (Phi) is 7.05. The summed E-state index contributed by atoms with van der Waals surface area (Å²) in [5.41, 5.74) is 2.40. The van der Waals surface area contributed by atoms with Crippen molar-refractivity contribution in [3.05, 3.63) is 47.5 Å². The average Bonchev–Trinajstić information content (AvgIpc) is 2.66. The van der Waals surface area contributed by atoms with Crippen LogP contribution in [0.2, 0.25) is 0 Å². The molecule has 0 aromatic heterocycles. The van der Waals surface area contributed by atoms with Gasteiger partial charge in [-0.2, -0.15) is 0 Å². The van der Waals surface area contributed by atoms with Crippen LogP contribution >= 0.6 is 0 Å². The van der Waals surface area contributed by atoms with E-state index in [1.165, 1.54) is 28.3 Å². The van der Waals surface area contributed by atoms with Crippen molar-refractivity contribution in [2.45, 2.75) is 19.9 Å². The Morgan fingerprint density at radius 2 is 1.48 bits per heavy atom. The summed E-state index contributed by atoms with van der Waals surface area (Å²) in [5.74, 6) is 1.25. The molecule has 0 aliphatic heterocycles. The van der Waals surface area contributed by atoms with E-state index in [1.807, 2.05) is 12.1 Å². The maximum Gasteiger partial charge on any atom is 0.224 e. The van der Waals surface area contributed by atoms with Crippen molar-refractivity contribution in [3.63, 3.8) is 0 Å². The van der Waals surface area contributed by atoms with E-state index in [0.717, 1.165) is 16.8 Å². The number of hydrogen-bond donors (Lipinski definition) is 2. The zero-order valence-corrected chi connectivity index (χ0v) is 15.9. The van der Waals surface area contributed by atoms with E-state index in [1.54, 1.807) is 24.3 Å². The molecule has 2 aromatic carbocycles. The molecule has 0 heterocycles. The average molecular weight is 372 g/mol. The molecule has 0 aliphatic carbocycles. The van der Waals surface area contributed by atoms with Crippen LogP contribution in [0.5, 0.6) is 17.2 Å². The highest BCUT2D eigenvalue weighted by atomic mass is 16.5. The Bertz CT molecular complexity index is 778. The normalized spacial score (nSPS) is 10.1. The number of nitrogens with one attached hydrogen (secondary N) is 2. The minimum absolute atomic E-state index is 0.124. The van der Waals surface area contributed by atoms with Gasteiger partial charge >= 0.3 is 0 Å². The Balaban J connectivity index is 1.98. The van der Waals surface area contributed by atoms with E-state index in [4.69, 9.17) is 14.2 Å². The predicted octanol–water partition coefficient (Wildman–Crippen LogP) is 2.53. The molecule has 7 nitrogen and oxygen atoms in total. The molecular formula is C20H24N2O5. The highest BCUT2D eigenvalue weighted by Crippen LogP contribution is 2.38. The largest absolute Gasteiger partial charge is 0.493 e. The van der Waals surface area contributed by atoms with E-state index in [2.05, 4.69) is 10.6 Å². The molecule has 0 saturated carbocycles. The van der Waals surface area contributed by atoms with Gasteiger partial charge in [0.15, 0.2) is 11.5 Å². The number of carbonyl (C=O) groups excluding carboxylic acids is 2. The van der Waals surface area contributed by atoms with Gasteiger partial charge in [-0.05, 0) is 35.4 Å². The fourth-order valence-electron chi connectivity index (χ4n) is 2.60. The Labute approximate surface area is 158 Å². The molecule has 27 heavy (non-hydrogen) atoms. The second-order valence-corrected chi connectivity index (χ2v) is 5.87. The van der Waals surface area contributed by atoms with E-state index < -0.39 is 0 Å². The fourth-order valence-corrected chi connectivity index (χ4v) is 2.60. The van der Waals surface area contributed by atoms with E-state index >= 15 is 0 Å². The van der Waals surface area contributed by atoms with Gasteiger partial charge in [-0.1, -0.05) is 12.1 Å². The van der Waals surface area contributed by atoms with Gasteiger partial charge in [0.1, 0.15) is 0 Å². The number of rotatable bonds is 8. The molecule has 2 aromatic rings. The van der Waals surface area contributed by atoms with Crippen LogP contribution in [0.15, 0.2) is 36.4 Å². The van der Waals surface area contributed by atoms with Crippen molar-refractivity contribution in [2.75, 3.05) is 26.6 Å². The van der Waals surface area contributed by atoms with Crippen LogP contribution in [0.1, 0.15) is 18.1 Å². The quantitative estimate of drug-likeness (QED) is 0.744. The van der Waals surface area contributed by atoms with Crippen LogP contribution in [0, 0.1) is 0 Å². The Morgan fingerprint density at radius 3 is 1.96 bits per heavy atom. The van der Waals surface area contributed by atoms with Gasteiger partial charge < -0.3 is 24.8 Å². The second-order valence-electron chi connectivity index (χ2n) is 5.87. The van der Waals surface area contributed by atoms with Gasteiger partial charge in [0.25, 0.3) is 0 Å². The molecule has 0 aliphatic rings. The summed E-state index contributed by atoms with van der Waals surface area (Å²) in [6, 6.07) is 10.8. The van der Waals surface area contributed by atoms with Gasteiger partial charge in [0, 0.05) is 19.2 Å². The molecule has 2 N–H and O–H groups in total. The number of amides is 2. The van der Waals surface area contributed by atoms with Gasteiger partial charge in [-0.25, -0.2) is 0 Å². The molecule has 0 fully saturated rings. The summed E-state index contributed by atoms with van der Waals surface area (Å²) < 4.78 is 15.9. The summed E-state index contributed by atoms with van der Waals surface area (Å²) in [7, 11) is 4.60. The first-order chi connectivity index (χ1) is 13.0. The van der Waals surface area contributed by atoms with Crippen molar-refractivity contribution in [1.29, 1.82) is 0 Å². The van der Waals surface area contributed by atoms with E-state index in [0.29, 0.717) is 23.8 Å². The van der Waals surface area contributed by atoms with Crippen molar-refractivity contribution in [1.82, 2.24) is 5.32 Å². The van der Waals surface area contributed by atoms with Gasteiger partial charge in [-0.15, -0.1) is 0 Å². The molecule has 0 atom stereocenters. The Morgan fingerprint density at radius 1 is 0.889 bits per heavy atom. The van der Waals surface area contributed by atoms with Crippen molar-refractivity contribution in [3.8, 4) is 17.2 Å². The summed E-state index contributed by atoms with van der Waals surface area (Å²) in [4.78, 5) is 23.3. The van der Waals surface area contributed by atoms with Gasteiger partial charge in [-0.3, -0.25) is 9.59 Å². The molecule has 0 spiro atoms. The zero-order chi connectivity index (χ0) is 19.8. The lowest BCUT2D eigenvalue weighted by molar-refractivity contribution is -0.120. The number of methoxy groups -OCH3 is 3. The maximum absolute atomic E-state index is 12.3. The molecule has 7 heteroatoms. The van der Waals surface area contributed by atoms with E-state index in [9.17, 15) is 9.59 Å². The molecule has 144 valence electrons. The van der Waals surface area contributed by atoms with Crippen molar-refractivity contribution < 1.29 is 23.8 Å². The summed E-state index contributed by atoms with van der Waals surface area (Å²) in [5, 5.41) is 5.57. The second kappa shape index (κ2) is 9.47. The first-order valence-electron chi connectivity index (χ1n) is 8.39. The van der Waals surface area contributed by atoms with E-state index in [-0.39, 0.29) is 18.2 Å². The molecule has 0 unspecified atom stereocenters. The molecule has 2 amide bonds. The van der Waals surface area contributed by atoms with Crippen LogP contribution in [0.4, 0.5) is 5.69 Å². The number of benzene rings is 2. The third-order valence-electron chi connectivity index (χ3n) is 3.85. The monoisotopic (exact) mass is 372 g/mol. The summed E-state index contributed by atoms with van der Waals surface area (Å²) >= 11 is 0. The number of hydrogen-bond acceptors (Lipinski definition) is 5. The summed E-state index contributed by atoms with van der Waals surface area (Å²) in [6.45, 7) is 1.85. The van der Waals surface area contributed by atoms with Crippen LogP contribution in [-0.2, 0) is 22.6 Å². The third kappa shape index (κ3) is 5.64. The van der Waals surface area contributed by atoms with Gasteiger partial charge in [0.2, 0.25) is 17.6 Å². The smallest absolute Gasteiger partial charge is 0.224 e. The molecule has 2 rings (SSSR count). The van der Waals surface area contributed by atoms with Crippen molar-refractivity contribution in [2.24, 2.45) is 0 Å². The van der Waals surface area contributed by atoms with Crippen molar-refractivity contribution >= 4 is 17.5 Å². The lowest BCUT2D eigenvalue weighted by Crippen LogP contribution is -2.24. The highest BCUT2D eigenvalue weighted by Gasteiger charge is 2.14. The molecule has 0 bridgehead atoms. The predicted molar refractivity (Wildman–Crippen MR) is 102 cm³/mol. The standard InChI is InChI=1S/C20H24N2O5/c1-13(23)22-16-7-5-14(6-8-16)12-21-19(24)11-15-9-17(25-2)20(27-4)18(10-15)26-3/h5-10H,11-12H2,1-4H3,(H,21,24)(H,22,23). The first kappa shape index (κ1) is 20.1. The third-order valence-corrected chi connectivity index (χ3v) is 3.85. The minimum atomic E-state index is -0.129. The zero-order valence-electron chi connectivity index (χ0n) is 15.9. The SMILES string of the molecule is COc1cc(CC(=O)NCc2ccc(NC(C)=O)cc2)cc(OC)c1OC. The molecular weight excluding hydrogens is 348 g/mol. The maximum atomic E-state index is 12.3. The topological polar surface area (TPSA) is 85.9 Å². The number of ether oxygens (including phenoxy) is 3. The number of carbonyl (C=O) groups is 2. The van der Waals surface area contributed by atoms with Crippen LogP contribution < -0.4 is 24.8 Å². The van der Waals surface area contributed by atoms with Crippen LogP contribution in [-0.4, -0.2) is 33.1 Å². The van der Waals surface area contributed by atoms with Crippen LogP contribution in [0.25, 0.3) is 0 Å². The highest BCUT2D eigenvalue weighted by molar-refractivity contribution is 5.88. The minimum Gasteiger partial charge on any atom is -0.493 e. The summed E-state index contributed by atoms with van der Waals surface area (Å²) in [6.07, 6.45) is 0.181. The van der Waals surface area contributed by atoms with Crippen LogP contribution in [0.3, 0.4) is 0 Å². The number of anilines is 1. The lowest BCUT2D eigenvalue weighted by Gasteiger charge is -2.14. The van der Waals surface area contributed by atoms with Gasteiger partial charge in [0.05, 0.1) is 27.8 Å². The lowest BCUT2D eigenvalue weighted by atomic mass is 10.1. The first-order valence-corrected chi connectivity index (χ1v) is 8.39. The molecule has 0 radical (unpaired) electrons.